The molecule has 1 heterocycles. The number of nitrogens with zero attached hydrogens (tertiary/aromatic N) is 1. The number of rotatable bonds is 2. The number of aromatic nitrogens is 1. The number of fused-ring (bicyclic) bond motifs is 1. The quantitative estimate of drug-likeness (QED) is 0.732. The molecule has 0 amide bonds. The first kappa shape index (κ1) is 8.24. The van der Waals surface area contributed by atoms with E-state index < -0.39 is 0 Å². The molecule has 1 aromatic heterocycles. The Morgan fingerprint density at radius 2 is 2.21 bits per heavy atom. The van der Waals surface area contributed by atoms with Crippen molar-refractivity contribution >= 4 is 5.82 Å². The van der Waals surface area contributed by atoms with E-state index in [0.29, 0.717) is 12.1 Å². The van der Waals surface area contributed by atoms with Gasteiger partial charge in [-0.25, -0.2) is 4.98 Å². The molecule has 0 saturated heterocycles. The van der Waals surface area contributed by atoms with E-state index in [1.165, 1.54) is 24.1 Å². The third kappa shape index (κ3) is 1.38. The van der Waals surface area contributed by atoms with Gasteiger partial charge in [0, 0.05) is 17.8 Å². The standard InChI is InChI=1S/C11H15N3/c12-8-6-10(8)14-11-5-4-7-2-1-3-9(7)13-11/h4-5,8,10H,1-3,6,12H2,(H,13,14). The predicted molar refractivity (Wildman–Crippen MR) is 56.3 cm³/mol. The molecule has 0 radical (unpaired) electrons. The molecule has 2 unspecified atom stereocenters. The van der Waals surface area contributed by atoms with Crippen molar-refractivity contribution in [1.82, 2.24) is 4.98 Å². The molecule has 2 aliphatic rings. The first-order chi connectivity index (χ1) is 6.83. The first-order valence-corrected chi connectivity index (χ1v) is 5.34. The zero-order valence-corrected chi connectivity index (χ0v) is 8.16. The topological polar surface area (TPSA) is 50.9 Å². The minimum Gasteiger partial charge on any atom is -0.366 e. The van der Waals surface area contributed by atoms with Crippen molar-refractivity contribution in [3.05, 3.63) is 23.4 Å². The highest BCUT2D eigenvalue weighted by atomic mass is 15.1. The number of anilines is 1. The molecule has 3 heteroatoms. The molecule has 1 aromatic rings. The maximum atomic E-state index is 5.74. The molecule has 74 valence electrons. The van der Waals surface area contributed by atoms with E-state index >= 15 is 0 Å². The summed E-state index contributed by atoms with van der Waals surface area (Å²) in [5, 5.41) is 3.36. The Morgan fingerprint density at radius 3 is 3.00 bits per heavy atom. The maximum absolute atomic E-state index is 5.74. The molecule has 0 spiro atoms. The minimum atomic E-state index is 0.338. The van der Waals surface area contributed by atoms with E-state index in [1.807, 2.05) is 0 Å². The van der Waals surface area contributed by atoms with Gasteiger partial charge in [0.05, 0.1) is 0 Å². The number of pyridine rings is 1. The van der Waals surface area contributed by atoms with Crippen molar-refractivity contribution < 1.29 is 0 Å². The fraction of sp³-hybridized carbons (Fsp3) is 0.545. The second kappa shape index (κ2) is 2.95. The molecule has 1 fully saturated rings. The van der Waals surface area contributed by atoms with Crippen LogP contribution in [0.3, 0.4) is 0 Å². The van der Waals surface area contributed by atoms with Gasteiger partial charge in [-0.1, -0.05) is 6.07 Å². The summed E-state index contributed by atoms with van der Waals surface area (Å²) in [5.74, 6) is 1.00. The van der Waals surface area contributed by atoms with Crippen molar-refractivity contribution in [2.24, 2.45) is 5.73 Å². The number of nitrogens with two attached hydrogens (primary N) is 1. The first-order valence-electron chi connectivity index (χ1n) is 5.34. The summed E-state index contributed by atoms with van der Waals surface area (Å²) in [6.07, 6.45) is 4.68. The van der Waals surface area contributed by atoms with Crippen LogP contribution in [0.25, 0.3) is 0 Å². The average Bonchev–Trinajstić information content (AvgIpc) is 2.70. The van der Waals surface area contributed by atoms with Crippen molar-refractivity contribution in [3.63, 3.8) is 0 Å². The number of hydrogen-bond acceptors (Lipinski definition) is 3. The summed E-state index contributed by atoms with van der Waals surface area (Å²) in [4.78, 5) is 4.60. The number of aryl methyl sites for hydroxylation is 2. The van der Waals surface area contributed by atoms with Gasteiger partial charge in [-0.2, -0.15) is 0 Å². The van der Waals surface area contributed by atoms with Crippen LogP contribution >= 0.6 is 0 Å². The van der Waals surface area contributed by atoms with E-state index in [1.54, 1.807) is 0 Å². The Balaban J connectivity index is 1.79. The SMILES string of the molecule is NC1CC1Nc1ccc2c(n1)CCC2. The molecule has 1 saturated carbocycles. The molecule has 3 nitrogen and oxygen atoms in total. The fourth-order valence-corrected chi connectivity index (χ4v) is 2.07. The highest BCUT2D eigenvalue weighted by Crippen LogP contribution is 2.25. The molecule has 3 N–H and O–H groups in total. The van der Waals surface area contributed by atoms with E-state index in [2.05, 4.69) is 22.4 Å². The fourth-order valence-electron chi connectivity index (χ4n) is 2.07. The van der Waals surface area contributed by atoms with Gasteiger partial charge in [0.25, 0.3) is 0 Å². The average molecular weight is 189 g/mol. The van der Waals surface area contributed by atoms with Crippen molar-refractivity contribution in [1.29, 1.82) is 0 Å². The summed E-state index contributed by atoms with van der Waals surface area (Å²) >= 11 is 0. The predicted octanol–water partition coefficient (Wildman–Crippen LogP) is 1.08. The number of hydrogen-bond donors (Lipinski definition) is 2. The smallest absolute Gasteiger partial charge is 0.126 e. The maximum Gasteiger partial charge on any atom is 0.126 e. The van der Waals surface area contributed by atoms with E-state index in [-0.39, 0.29) is 0 Å². The molecular formula is C11H15N3. The Morgan fingerprint density at radius 1 is 1.36 bits per heavy atom. The van der Waals surface area contributed by atoms with E-state index in [0.717, 1.165) is 18.7 Å². The van der Waals surface area contributed by atoms with Gasteiger partial charge in [-0.15, -0.1) is 0 Å². The van der Waals surface area contributed by atoms with Crippen LogP contribution in [0.4, 0.5) is 5.82 Å². The Hall–Kier alpha value is -1.09. The summed E-state index contributed by atoms with van der Waals surface area (Å²) in [5.41, 5.74) is 8.45. The largest absolute Gasteiger partial charge is 0.366 e. The lowest BCUT2D eigenvalue weighted by atomic mass is 10.2. The molecule has 0 bridgehead atoms. The molecule has 2 atom stereocenters. The third-order valence-electron chi connectivity index (χ3n) is 3.10. The Kier molecular flexibility index (Phi) is 1.74. The second-order valence-electron chi connectivity index (χ2n) is 4.31. The van der Waals surface area contributed by atoms with Gasteiger partial charge < -0.3 is 11.1 Å². The lowest BCUT2D eigenvalue weighted by Gasteiger charge is -2.05. The van der Waals surface area contributed by atoms with Crippen LogP contribution in [0, 0.1) is 0 Å². The lowest BCUT2D eigenvalue weighted by Crippen LogP contribution is -2.14. The van der Waals surface area contributed by atoms with Gasteiger partial charge in [-0.3, -0.25) is 0 Å². The highest BCUT2D eigenvalue weighted by molar-refractivity contribution is 5.42. The Labute approximate surface area is 83.7 Å². The summed E-state index contributed by atoms with van der Waals surface area (Å²) in [7, 11) is 0. The summed E-state index contributed by atoms with van der Waals surface area (Å²) in [6, 6.07) is 5.08. The van der Waals surface area contributed by atoms with Gasteiger partial charge in [0.15, 0.2) is 0 Å². The third-order valence-corrected chi connectivity index (χ3v) is 3.10. The second-order valence-corrected chi connectivity index (χ2v) is 4.31. The molecular weight excluding hydrogens is 174 g/mol. The van der Waals surface area contributed by atoms with Crippen molar-refractivity contribution in [2.45, 2.75) is 37.8 Å². The summed E-state index contributed by atoms with van der Waals surface area (Å²) < 4.78 is 0. The molecule has 3 rings (SSSR count). The van der Waals surface area contributed by atoms with E-state index in [4.69, 9.17) is 5.73 Å². The van der Waals surface area contributed by atoms with Crippen LogP contribution in [0.15, 0.2) is 12.1 Å². The number of nitrogens with one attached hydrogen (secondary N) is 1. The van der Waals surface area contributed by atoms with Crippen LogP contribution in [0.5, 0.6) is 0 Å². The summed E-state index contributed by atoms with van der Waals surface area (Å²) in [6.45, 7) is 0. The van der Waals surface area contributed by atoms with Gasteiger partial charge in [0.1, 0.15) is 5.82 Å². The van der Waals surface area contributed by atoms with Crippen LogP contribution in [0.2, 0.25) is 0 Å². The van der Waals surface area contributed by atoms with Crippen molar-refractivity contribution in [3.8, 4) is 0 Å². The van der Waals surface area contributed by atoms with Crippen LogP contribution in [-0.4, -0.2) is 17.1 Å². The van der Waals surface area contributed by atoms with Gasteiger partial charge >= 0.3 is 0 Å². The van der Waals surface area contributed by atoms with Gasteiger partial charge in [-0.05, 0) is 37.3 Å². The zero-order valence-electron chi connectivity index (χ0n) is 8.16. The lowest BCUT2D eigenvalue weighted by molar-refractivity contribution is 0.898. The monoisotopic (exact) mass is 189 g/mol. The normalized spacial score (nSPS) is 28.6. The minimum absolute atomic E-state index is 0.338. The van der Waals surface area contributed by atoms with Crippen LogP contribution in [0.1, 0.15) is 24.1 Å². The Bertz CT molecular complexity index is 362. The highest BCUT2D eigenvalue weighted by Gasteiger charge is 2.33. The molecule has 14 heavy (non-hydrogen) atoms. The van der Waals surface area contributed by atoms with Gasteiger partial charge in [0.2, 0.25) is 0 Å². The van der Waals surface area contributed by atoms with Crippen molar-refractivity contribution in [2.75, 3.05) is 5.32 Å². The molecule has 0 aliphatic heterocycles. The van der Waals surface area contributed by atoms with Crippen LogP contribution < -0.4 is 11.1 Å². The molecule has 2 aliphatic carbocycles. The van der Waals surface area contributed by atoms with Crippen LogP contribution in [-0.2, 0) is 12.8 Å². The zero-order chi connectivity index (χ0) is 9.54. The van der Waals surface area contributed by atoms with E-state index in [9.17, 15) is 0 Å². The molecule has 0 aromatic carbocycles.